The van der Waals surface area contributed by atoms with E-state index in [2.05, 4.69) is 11.0 Å². The number of benzene rings is 1. The van der Waals surface area contributed by atoms with E-state index >= 15 is 0 Å². The predicted molar refractivity (Wildman–Crippen MR) is 72.9 cm³/mol. The van der Waals surface area contributed by atoms with E-state index in [1.54, 1.807) is 12.1 Å². The zero-order chi connectivity index (χ0) is 13.5. The van der Waals surface area contributed by atoms with Crippen LogP contribution in [0.3, 0.4) is 0 Å². The Morgan fingerprint density at radius 3 is 2.84 bits per heavy atom. The highest BCUT2D eigenvalue weighted by molar-refractivity contribution is 5.34. The van der Waals surface area contributed by atoms with Gasteiger partial charge in [0.2, 0.25) is 0 Å². The smallest absolute Gasteiger partial charge is 0.119 e. The van der Waals surface area contributed by atoms with E-state index < -0.39 is 0 Å². The van der Waals surface area contributed by atoms with Gasteiger partial charge in [0, 0.05) is 13.1 Å². The molecule has 4 heteroatoms. The Labute approximate surface area is 114 Å². The minimum absolute atomic E-state index is 0.159. The van der Waals surface area contributed by atoms with Gasteiger partial charge in [0.15, 0.2) is 0 Å². The molecule has 4 nitrogen and oxygen atoms in total. The fraction of sp³-hybridized carbons (Fsp3) is 0.533. The van der Waals surface area contributed by atoms with Crippen LogP contribution in [-0.2, 0) is 0 Å². The molecule has 0 aliphatic carbocycles. The molecule has 1 aliphatic heterocycles. The van der Waals surface area contributed by atoms with Gasteiger partial charge in [0.1, 0.15) is 5.75 Å². The van der Waals surface area contributed by atoms with E-state index in [0.29, 0.717) is 12.2 Å². The van der Waals surface area contributed by atoms with Crippen LogP contribution < -0.4 is 4.74 Å². The molecule has 19 heavy (non-hydrogen) atoms. The maximum atomic E-state index is 9.56. The zero-order valence-electron chi connectivity index (χ0n) is 11.1. The molecule has 1 aliphatic rings. The molecule has 2 rings (SSSR count). The van der Waals surface area contributed by atoms with Crippen LogP contribution in [0.25, 0.3) is 0 Å². The van der Waals surface area contributed by atoms with E-state index in [1.807, 2.05) is 12.1 Å². The molecule has 0 aromatic heterocycles. The van der Waals surface area contributed by atoms with Crippen LogP contribution in [0.4, 0.5) is 0 Å². The lowest BCUT2D eigenvalue weighted by molar-refractivity contribution is 0.0679. The van der Waals surface area contributed by atoms with E-state index in [0.717, 1.165) is 44.6 Å². The fourth-order valence-electron chi connectivity index (χ4n) is 2.34. The van der Waals surface area contributed by atoms with Gasteiger partial charge in [-0.15, -0.1) is 0 Å². The largest absolute Gasteiger partial charge is 0.494 e. The molecule has 1 heterocycles. The molecule has 0 unspecified atom stereocenters. The van der Waals surface area contributed by atoms with Crippen molar-refractivity contribution < 1.29 is 9.84 Å². The number of rotatable bonds is 5. The van der Waals surface area contributed by atoms with E-state index in [9.17, 15) is 5.11 Å². The van der Waals surface area contributed by atoms with E-state index in [1.165, 1.54) is 0 Å². The van der Waals surface area contributed by atoms with E-state index in [-0.39, 0.29) is 6.10 Å². The summed E-state index contributed by atoms with van der Waals surface area (Å²) in [6, 6.07) is 9.25. The molecular formula is C15H20N2O2. The van der Waals surface area contributed by atoms with Crippen LogP contribution in [0.2, 0.25) is 0 Å². The number of nitriles is 1. The van der Waals surface area contributed by atoms with Crippen molar-refractivity contribution >= 4 is 0 Å². The first-order valence-corrected chi connectivity index (χ1v) is 6.81. The van der Waals surface area contributed by atoms with Gasteiger partial charge in [-0.2, -0.15) is 5.26 Å². The van der Waals surface area contributed by atoms with Crippen molar-refractivity contribution in [3.8, 4) is 11.8 Å². The predicted octanol–water partition coefficient (Wildman–Crippen LogP) is 1.78. The molecule has 0 amide bonds. The first kappa shape index (κ1) is 13.9. The van der Waals surface area contributed by atoms with E-state index in [4.69, 9.17) is 10.00 Å². The molecule has 1 aromatic rings. The quantitative estimate of drug-likeness (QED) is 0.820. The van der Waals surface area contributed by atoms with Gasteiger partial charge in [-0.25, -0.2) is 0 Å². The molecule has 0 saturated carbocycles. The molecule has 0 spiro atoms. The van der Waals surface area contributed by atoms with Crippen molar-refractivity contribution in [3.05, 3.63) is 29.8 Å². The number of piperidine rings is 1. The van der Waals surface area contributed by atoms with Crippen LogP contribution in [0, 0.1) is 11.3 Å². The van der Waals surface area contributed by atoms with Gasteiger partial charge in [-0.1, -0.05) is 0 Å². The van der Waals surface area contributed by atoms with Crippen LogP contribution in [-0.4, -0.2) is 42.4 Å². The Morgan fingerprint density at radius 2 is 2.16 bits per heavy atom. The fourth-order valence-corrected chi connectivity index (χ4v) is 2.34. The second-order valence-corrected chi connectivity index (χ2v) is 4.93. The van der Waals surface area contributed by atoms with Gasteiger partial charge in [-0.05, 0) is 50.1 Å². The third-order valence-electron chi connectivity index (χ3n) is 3.35. The van der Waals surface area contributed by atoms with Crippen molar-refractivity contribution in [2.45, 2.75) is 25.4 Å². The molecule has 1 N–H and O–H groups in total. The van der Waals surface area contributed by atoms with Gasteiger partial charge >= 0.3 is 0 Å². The number of nitrogens with zero attached hydrogens (tertiary/aromatic N) is 2. The third-order valence-corrected chi connectivity index (χ3v) is 3.35. The van der Waals surface area contributed by atoms with Gasteiger partial charge in [0.05, 0.1) is 24.3 Å². The van der Waals surface area contributed by atoms with Crippen molar-refractivity contribution in [1.29, 1.82) is 5.26 Å². The maximum Gasteiger partial charge on any atom is 0.119 e. The highest BCUT2D eigenvalue weighted by Crippen LogP contribution is 2.13. The average Bonchev–Trinajstić information content (AvgIpc) is 2.44. The minimum atomic E-state index is -0.159. The highest BCUT2D eigenvalue weighted by atomic mass is 16.5. The summed E-state index contributed by atoms with van der Waals surface area (Å²) in [4.78, 5) is 2.29. The second kappa shape index (κ2) is 7.13. The SMILES string of the molecule is N#Cc1ccc(OCCCN2CCC[C@@H](O)C2)cc1. The summed E-state index contributed by atoms with van der Waals surface area (Å²) in [5, 5.41) is 18.3. The number of hydrogen-bond donors (Lipinski definition) is 1. The van der Waals surface area contributed by atoms with Gasteiger partial charge in [-0.3, -0.25) is 0 Å². The molecule has 1 atom stereocenters. The summed E-state index contributed by atoms with van der Waals surface area (Å²) in [5.41, 5.74) is 0.648. The first-order chi connectivity index (χ1) is 9.28. The number of β-amino-alcohol motifs (C(OH)–C–C–N with tert-alkyl or cyclic N) is 1. The summed E-state index contributed by atoms with van der Waals surface area (Å²) in [6.45, 7) is 3.50. The number of likely N-dealkylation sites (tertiary alicyclic amines) is 1. The number of aliphatic hydroxyl groups excluding tert-OH is 1. The first-order valence-electron chi connectivity index (χ1n) is 6.81. The molecule has 0 bridgehead atoms. The lowest BCUT2D eigenvalue weighted by Crippen LogP contribution is -2.39. The molecule has 1 fully saturated rings. The summed E-state index contributed by atoms with van der Waals surface area (Å²) in [5.74, 6) is 0.803. The molecule has 1 saturated heterocycles. The van der Waals surface area contributed by atoms with Gasteiger partial charge in [0.25, 0.3) is 0 Å². The van der Waals surface area contributed by atoms with Crippen LogP contribution >= 0.6 is 0 Å². The lowest BCUT2D eigenvalue weighted by atomic mass is 10.1. The normalized spacial score (nSPS) is 19.9. The molecular weight excluding hydrogens is 240 g/mol. The topological polar surface area (TPSA) is 56.5 Å². The maximum absolute atomic E-state index is 9.56. The number of aliphatic hydroxyl groups is 1. The summed E-state index contributed by atoms with van der Waals surface area (Å²) >= 11 is 0. The third kappa shape index (κ3) is 4.55. The summed E-state index contributed by atoms with van der Waals surface area (Å²) in [6.07, 6.45) is 2.80. The minimum Gasteiger partial charge on any atom is -0.494 e. The van der Waals surface area contributed by atoms with Crippen molar-refractivity contribution in [2.75, 3.05) is 26.2 Å². The van der Waals surface area contributed by atoms with Crippen LogP contribution in [0.5, 0.6) is 5.75 Å². The number of ether oxygens (including phenoxy) is 1. The standard InChI is InChI=1S/C15H20N2O2/c16-11-13-4-6-15(7-5-13)19-10-2-9-17-8-1-3-14(18)12-17/h4-7,14,18H,1-3,8-10,12H2/t14-/m1/s1. The van der Waals surface area contributed by atoms with Crippen LogP contribution in [0.15, 0.2) is 24.3 Å². The van der Waals surface area contributed by atoms with Crippen molar-refractivity contribution in [1.82, 2.24) is 4.90 Å². The Hall–Kier alpha value is -1.57. The Balaban J connectivity index is 1.64. The molecule has 102 valence electrons. The average molecular weight is 260 g/mol. The Bertz CT molecular complexity index is 425. The molecule has 0 radical (unpaired) electrons. The Morgan fingerprint density at radius 1 is 1.37 bits per heavy atom. The van der Waals surface area contributed by atoms with Crippen molar-refractivity contribution in [3.63, 3.8) is 0 Å². The van der Waals surface area contributed by atoms with Crippen molar-refractivity contribution in [2.24, 2.45) is 0 Å². The lowest BCUT2D eigenvalue weighted by Gasteiger charge is -2.29. The molecule has 1 aromatic carbocycles. The summed E-state index contributed by atoms with van der Waals surface area (Å²) in [7, 11) is 0. The Kier molecular flexibility index (Phi) is 5.20. The second-order valence-electron chi connectivity index (χ2n) is 4.93. The zero-order valence-corrected chi connectivity index (χ0v) is 11.1. The monoisotopic (exact) mass is 260 g/mol. The highest BCUT2D eigenvalue weighted by Gasteiger charge is 2.16. The van der Waals surface area contributed by atoms with Gasteiger partial charge < -0.3 is 14.7 Å². The number of hydrogen-bond acceptors (Lipinski definition) is 4. The summed E-state index contributed by atoms with van der Waals surface area (Å²) < 4.78 is 5.62. The van der Waals surface area contributed by atoms with Crippen LogP contribution in [0.1, 0.15) is 24.8 Å².